The Kier molecular flexibility index (Phi) is 5.14. The first-order valence-corrected chi connectivity index (χ1v) is 8.69. The van der Waals surface area contributed by atoms with Gasteiger partial charge in [-0.15, -0.1) is 10.2 Å². The van der Waals surface area contributed by atoms with Crippen molar-refractivity contribution in [3.8, 4) is 5.69 Å². The topological polar surface area (TPSA) is 59.8 Å². The molecule has 25 heavy (non-hydrogen) atoms. The number of thioether (sulfide) groups is 1. The monoisotopic (exact) mass is 356 g/mol. The number of halogens is 1. The van der Waals surface area contributed by atoms with Crippen LogP contribution in [0.3, 0.4) is 0 Å². The van der Waals surface area contributed by atoms with Gasteiger partial charge in [-0.3, -0.25) is 9.36 Å². The van der Waals surface area contributed by atoms with Crippen molar-refractivity contribution in [2.24, 2.45) is 0 Å². The fourth-order valence-electron chi connectivity index (χ4n) is 2.35. The van der Waals surface area contributed by atoms with Gasteiger partial charge in [-0.05, 0) is 49.7 Å². The number of hydrogen-bond donors (Lipinski definition) is 1. The van der Waals surface area contributed by atoms with E-state index in [4.69, 9.17) is 0 Å². The number of benzene rings is 2. The number of aromatic nitrogens is 3. The van der Waals surface area contributed by atoms with Gasteiger partial charge in [0.1, 0.15) is 11.6 Å². The van der Waals surface area contributed by atoms with Crippen LogP contribution < -0.4 is 5.32 Å². The highest BCUT2D eigenvalue weighted by Crippen LogP contribution is 2.22. The number of nitrogens with one attached hydrogen (secondary N) is 1. The van der Waals surface area contributed by atoms with E-state index < -0.39 is 0 Å². The zero-order chi connectivity index (χ0) is 17.8. The summed E-state index contributed by atoms with van der Waals surface area (Å²) in [5, 5.41) is 11.6. The molecule has 0 aliphatic carbocycles. The van der Waals surface area contributed by atoms with Gasteiger partial charge in [0.05, 0.1) is 5.75 Å². The molecule has 5 nitrogen and oxygen atoms in total. The molecule has 1 amide bonds. The minimum Gasteiger partial charge on any atom is -0.325 e. The summed E-state index contributed by atoms with van der Waals surface area (Å²) in [6.07, 6.45) is 0. The molecule has 0 saturated heterocycles. The molecular weight excluding hydrogens is 339 g/mol. The highest BCUT2D eigenvalue weighted by Gasteiger charge is 2.14. The number of anilines is 1. The number of hydrogen-bond acceptors (Lipinski definition) is 4. The van der Waals surface area contributed by atoms with Crippen LogP contribution in [-0.2, 0) is 4.79 Å². The zero-order valence-electron chi connectivity index (χ0n) is 13.9. The van der Waals surface area contributed by atoms with Gasteiger partial charge >= 0.3 is 0 Å². The van der Waals surface area contributed by atoms with Crippen molar-refractivity contribution >= 4 is 23.4 Å². The van der Waals surface area contributed by atoms with E-state index in [2.05, 4.69) is 15.5 Å². The highest BCUT2D eigenvalue weighted by molar-refractivity contribution is 7.99. The molecule has 3 rings (SSSR count). The molecule has 0 fully saturated rings. The van der Waals surface area contributed by atoms with Crippen LogP contribution >= 0.6 is 11.8 Å². The van der Waals surface area contributed by atoms with Crippen molar-refractivity contribution in [1.29, 1.82) is 0 Å². The summed E-state index contributed by atoms with van der Waals surface area (Å²) in [5.74, 6) is 0.452. The molecule has 1 N–H and O–H groups in total. The molecule has 0 saturated carbocycles. The van der Waals surface area contributed by atoms with Crippen LogP contribution in [0.1, 0.15) is 11.4 Å². The Bertz CT molecular complexity index is 892. The minimum absolute atomic E-state index is 0.120. The maximum Gasteiger partial charge on any atom is 0.234 e. The third-order valence-corrected chi connectivity index (χ3v) is 4.56. The Hall–Kier alpha value is -2.67. The first kappa shape index (κ1) is 17.2. The first-order valence-electron chi connectivity index (χ1n) is 7.71. The van der Waals surface area contributed by atoms with E-state index in [-0.39, 0.29) is 17.5 Å². The number of nitrogens with zero attached hydrogens (tertiary/aromatic N) is 3. The van der Waals surface area contributed by atoms with Gasteiger partial charge in [-0.1, -0.05) is 30.0 Å². The SMILES string of the molecule is Cc1ccccc1NC(=O)CSc1nnc(C)n1-c1ccc(F)cc1. The predicted molar refractivity (Wildman–Crippen MR) is 96.6 cm³/mol. The van der Waals surface area contributed by atoms with Gasteiger partial charge in [0.25, 0.3) is 0 Å². The highest BCUT2D eigenvalue weighted by atomic mass is 32.2. The Morgan fingerprint density at radius 3 is 2.56 bits per heavy atom. The molecule has 0 unspecified atom stereocenters. The van der Waals surface area contributed by atoms with Crippen LogP contribution in [0.2, 0.25) is 0 Å². The minimum atomic E-state index is -0.304. The average molecular weight is 356 g/mol. The molecule has 0 atom stereocenters. The number of amides is 1. The molecular formula is C18H17FN4OS. The Morgan fingerprint density at radius 1 is 1.12 bits per heavy atom. The number of para-hydroxylation sites is 1. The number of carbonyl (C=O) groups is 1. The van der Waals surface area contributed by atoms with E-state index in [0.29, 0.717) is 11.0 Å². The van der Waals surface area contributed by atoms with Crippen molar-refractivity contribution in [3.05, 3.63) is 65.7 Å². The molecule has 0 spiro atoms. The molecule has 0 aliphatic heterocycles. The van der Waals surface area contributed by atoms with Gasteiger partial charge < -0.3 is 5.32 Å². The Morgan fingerprint density at radius 2 is 1.84 bits per heavy atom. The predicted octanol–water partition coefficient (Wildman–Crippen LogP) is 3.75. The zero-order valence-corrected chi connectivity index (χ0v) is 14.7. The maximum absolute atomic E-state index is 13.1. The van der Waals surface area contributed by atoms with Crippen molar-refractivity contribution in [1.82, 2.24) is 14.8 Å². The van der Waals surface area contributed by atoms with Crippen LogP contribution in [-0.4, -0.2) is 26.4 Å². The molecule has 1 heterocycles. The van der Waals surface area contributed by atoms with Gasteiger partial charge in [-0.2, -0.15) is 0 Å². The molecule has 7 heteroatoms. The summed E-state index contributed by atoms with van der Waals surface area (Å²) >= 11 is 1.28. The molecule has 128 valence electrons. The van der Waals surface area contributed by atoms with E-state index in [1.54, 1.807) is 16.7 Å². The lowest BCUT2D eigenvalue weighted by atomic mass is 10.2. The molecule has 0 radical (unpaired) electrons. The van der Waals surface area contributed by atoms with E-state index in [1.165, 1.54) is 23.9 Å². The number of aryl methyl sites for hydroxylation is 2. The average Bonchev–Trinajstić information content (AvgIpc) is 2.97. The van der Waals surface area contributed by atoms with E-state index in [9.17, 15) is 9.18 Å². The largest absolute Gasteiger partial charge is 0.325 e. The van der Waals surface area contributed by atoms with Crippen molar-refractivity contribution in [2.45, 2.75) is 19.0 Å². The van der Waals surface area contributed by atoms with Crippen LogP contribution in [0.5, 0.6) is 0 Å². The van der Waals surface area contributed by atoms with Crippen molar-refractivity contribution in [2.75, 3.05) is 11.1 Å². The van der Waals surface area contributed by atoms with E-state index in [0.717, 1.165) is 16.9 Å². The Labute approximate surface area is 149 Å². The van der Waals surface area contributed by atoms with Gasteiger partial charge in [-0.25, -0.2) is 4.39 Å². The van der Waals surface area contributed by atoms with Gasteiger partial charge in [0, 0.05) is 11.4 Å². The molecule has 0 aliphatic rings. The summed E-state index contributed by atoms with van der Waals surface area (Å²) in [4.78, 5) is 12.2. The second-order valence-corrected chi connectivity index (χ2v) is 6.44. The Balaban J connectivity index is 1.71. The summed E-state index contributed by atoms with van der Waals surface area (Å²) in [5.41, 5.74) is 2.56. The van der Waals surface area contributed by atoms with Crippen molar-refractivity contribution in [3.63, 3.8) is 0 Å². The number of rotatable bonds is 5. The summed E-state index contributed by atoms with van der Waals surface area (Å²) < 4.78 is 14.9. The van der Waals surface area contributed by atoms with E-state index >= 15 is 0 Å². The summed E-state index contributed by atoms with van der Waals surface area (Å²) in [7, 11) is 0. The fraction of sp³-hybridized carbons (Fsp3) is 0.167. The lowest BCUT2D eigenvalue weighted by Gasteiger charge is -2.09. The van der Waals surface area contributed by atoms with E-state index in [1.807, 2.05) is 38.1 Å². The lowest BCUT2D eigenvalue weighted by Crippen LogP contribution is -2.15. The van der Waals surface area contributed by atoms with Gasteiger partial charge in [0.2, 0.25) is 5.91 Å². The first-order chi connectivity index (χ1) is 12.0. The quantitative estimate of drug-likeness (QED) is 0.707. The fourth-order valence-corrected chi connectivity index (χ4v) is 3.15. The summed E-state index contributed by atoms with van der Waals surface area (Å²) in [6, 6.07) is 13.7. The number of carbonyl (C=O) groups excluding carboxylic acids is 1. The third-order valence-electron chi connectivity index (χ3n) is 3.63. The lowest BCUT2D eigenvalue weighted by molar-refractivity contribution is -0.113. The maximum atomic E-state index is 13.1. The van der Waals surface area contributed by atoms with Crippen LogP contribution in [0.15, 0.2) is 53.7 Å². The van der Waals surface area contributed by atoms with Crippen molar-refractivity contribution < 1.29 is 9.18 Å². The van der Waals surface area contributed by atoms with Crippen LogP contribution in [0, 0.1) is 19.7 Å². The molecule has 3 aromatic rings. The molecule has 0 bridgehead atoms. The van der Waals surface area contributed by atoms with Crippen LogP contribution in [0.25, 0.3) is 5.69 Å². The molecule has 2 aromatic carbocycles. The molecule has 1 aromatic heterocycles. The second kappa shape index (κ2) is 7.48. The third kappa shape index (κ3) is 4.06. The normalized spacial score (nSPS) is 10.7. The smallest absolute Gasteiger partial charge is 0.234 e. The standard InChI is InChI=1S/C18H17FN4OS/c1-12-5-3-4-6-16(12)20-17(24)11-25-18-22-21-13(2)23(18)15-9-7-14(19)8-10-15/h3-10H,11H2,1-2H3,(H,20,24). The van der Waals surface area contributed by atoms with Gasteiger partial charge in [0.15, 0.2) is 5.16 Å². The van der Waals surface area contributed by atoms with Crippen LogP contribution in [0.4, 0.5) is 10.1 Å². The second-order valence-electron chi connectivity index (χ2n) is 5.49. The summed E-state index contributed by atoms with van der Waals surface area (Å²) in [6.45, 7) is 3.76.